The Kier molecular flexibility index (Phi) is 8.41. The maximum atomic E-state index is 13.6. The van der Waals surface area contributed by atoms with E-state index < -0.39 is 22.5 Å². The summed E-state index contributed by atoms with van der Waals surface area (Å²) in [6.45, 7) is 3.94. The average Bonchev–Trinajstić information content (AvgIpc) is 2.82. The van der Waals surface area contributed by atoms with Gasteiger partial charge in [0.25, 0.3) is 10.0 Å². The van der Waals surface area contributed by atoms with Crippen LogP contribution in [-0.4, -0.2) is 34.6 Å². The number of ether oxygens (including phenoxy) is 2. The van der Waals surface area contributed by atoms with Gasteiger partial charge < -0.3 is 14.8 Å². The summed E-state index contributed by atoms with van der Waals surface area (Å²) in [6, 6.07) is 18.4. The van der Waals surface area contributed by atoms with Crippen LogP contribution in [0.5, 0.6) is 11.5 Å². The molecule has 0 heterocycles. The normalized spacial score (nSPS) is 11.1. The highest BCUT2D eigenvalue weighted by molar-refractivity contribution is 7.92. The highest BCUT2D eigenvalue weighted by Crippen LogP contribution is 2.34. The van der Waals surface area contributed by atoms with Crippen molar-refractivity contribution in [2.45, 2.75) is 25.3 Å². The van der Waals surface area contributed by atoms with E-state index in [1.807, 2.05) is 38.1 Å². The van der Waals surface area contributed by atoms with Crippen molar-refractivity contribution in [3.05, 3.63) is 82.9 Å². The maximum Gasteiger partial charge on any atom is 0.264 e. The van der Waals surface area contributed by atoms with Crippen molar-refractivity contribution in [1.29, 1.82) is 0 Å². The van der Waals surface area contributed by atoms with E-state index in [0.717, 1.165) is 15.4 Å². The van der Waals surface area contributed by atoms with Crippen molar-refractivity contribution in [1.82, 2.24) is 5.32 Å². The molecular weight excluding hydrogens is 476 g/mol. The zero-order valence-electron chi connectivity index (χ0n) is 19.2. The van der Waals surface area contributed by atoms with Gasteiger partial charge in [-0.1, -0.05) is 47.5 Å². The van der Waals surface area contributed by atoms with E-state index in [1.54, 1.807) is 24.3 Å². The standard InChI is InChI=1S/C25H27ClN2O5S/c1-4-33-23-8-6-5-7-19(23)16-27-25(29)17-28(22-15-20(26)11-14-24(22)32-3)34(30,31)21-12-9-18(2)10-13-21/h5-15H,4,16-17H2,1-3H3,(H,27,29). The van der Waals surface area contributed by atoms with Crippen LogP contribution in [0, 0.1) is 6.92 Å². The minimum absolute atomic E-state index is 0.0506. The van der Waals surface area contributed by atoms with Crippen LogP contribution in [0.4, 0.5) is 5.69 Å². The van der Waals surface area contributed by atoms with E-state index in [9.17, 15) is 13.2 Å². The number of carbonyl (C=O) groups is 1. The molecule has 0 fully saturated rings. The Morgan fingerprint density at radius 2 is 1.74 bits per heavy atom. The number of methoxy groups -OCH3 is 1. The minimum atomic E-state index is -4.11. The van der Waals surface area contributed by atoms with Gasteiger partial charge in [-0.05, 0) is 50.2 Å². The summed E-state index contributed by atoms with van der Waals surface area (Å²) in [4.78, 5) is 13.0. The number of aryl methyl sites for hydroxylation is 1. The van der Waals surface area contributed by atoms with E-state index in [0.29, 0.717) is 17.4 Å². The van der Waals surface area contributed by atoms with Crippen molar-refractivity contribution < 1.29 is 22.7 Å². The number of rotatable bonds is 10. The first kappa shape index (κ1) is 25.4. The second kappa shape index (κ2) is 11.3. The van der Waals surface area contributed by atoms with Gasteiger partial charge in [0.2, 0.25) is 5.91 Å². The molecular formula is C25H27ClN2O5S. The molecule has 3 aromatic carbocycles. The molecule has 0 aromatic heterocycles. The molecule has 0 unspecified atom stereocenters. The lowest BCUT2D eigenvalue weighted by molar-refractivity contribution is -0.119. The molecule has 1 amide bonds. The van der Waals surface area contributed by atoms with E-state index in [2.05, 4.69) is 5.32 Å². The number of nitrogens with zero attached hydrogens (tertiary/aromatic N) is 1. The third-order valence-electron chi connectivity index (χ3n) is 5.05. The highest BCUT2D eigenvalue weighted by Gasteiger charge is 2.29. The Labute approximate surface area is 205 Å². The summed E-state index contributed by atoms with van der Waals surface area (Å²) in [5.74, 6) is 0.435. The summed E-state index contributed by atoms with van der Waals surface area (Å²) in [5, 5.41) is 3.09. The van der Waals surface area contributed by atoms with Crippen LogP contribution in [0.25, 0.3) is 0 Å². The first-order valence-corrected chi connectivity index (χ1v) is 12.5. The van der Waals surface area contributed by atoms with E-state index in [4.69, 9.17) is 21.1 Å². The molecule has 0 spiro atoms. The molecule has 9 heteroatoms. The molecule has 0 saturated heterocycles. The summed E-state index contributed by atoms with van der Waals surface area (Å²) in [7, 11) is -2.68. The van der Waals surface area contributed by atoms with E-state index >= 15 is 0 Å². The first-order valence-electron chi connectivity index (χ1n) is 10.7. The lowest BCUT2D eigenvalue weighted by Crippen LogP contribution is -2.41. The van der Waals surface area contributed by atoms with Gasteiger partial charge in [0.15, 0.2) is 0 Å². The first-order chi connectivity index (χ1) is 16.3. The van der Waals surface area contributed by atoms with Crippen molar-refractivity contribution in [3.63, 3.8) is 0 Å². The molecule has 0 aliphatic rings. The number of para-hydroxylation sites is 1. The molecule has 0 saturated carbocycles. The monoisotopic (exact) mass is 502 g/mol. The minimum Gasteiger partial charge on any atom is -0.495 e. The van der Waals surface area contributed by atoms with Gasteiger partial charge >= 0.3 is 0 Å². The van der Waals surface area contributed by atoms with Crippen molar-refractivity contribution in [2.75, 3.05) is 24.6 Å². The van der Waals surface area contributed by atoms with Crippen LogP contribution in [0.3, 0.4) is 0 Å². The van der Waals surface area contributed by atoms with Crippen LogP contribution in [0.1, 0.15) is 18.1 Å². The Morgan fingerprint density at radius 1 is 1.03 bits per heavy atom. The molecule has 0 aliphatic carbocycles. The molecule has 0 bridgehead atoms. The zero-order valence-corrected chi connectivity index (χ0v) is 20.8. The smallest absolute Gasteiger partial charge is 0.264 e. The second-order valence-electron chi connectivity index (χ2n) is 7.46. The van der Waals surface area contributed by atoms with Crippen LogP contribution in [0.2, 0.25) is 5.02 Å². The van der Waals surface area contributed by atoms with E-state index in [1.165, 1.54) is 25.3 Å². The molecule has 7 nitrogen and oxygen atoms in total. The Morgan fingerprint density at radius 3 is 2.41 bits per heavy atom. The predicted molar refractivity (Wildman–Crippen MR) is 133 cm³/mol. The van der Waals surface area contributed by atoms with E-state index in [-0.39, 0.29) is 22.9 Å². The lowest BCUT2D eigenvalue weighted by Gasteiger charge is -2.26. The third kappa shape index (κ3) is 6.01. The SMILES string of the molecule is CCOc1ccccc1CNC(=O)CN(c1cc(Cl)ccc1OC)S(=O)(=O)c1ccc(C)cc1. The van der Waals surface area contributed by atoms with Crippen molar-refractivity contribution >= 4 is 33.2 Å². The molecule has 1 N–H and O–H groups in total. The lowest BCUT2D eigenvalue weighted by atomic mass is 10.2. The number of hydrogen-bond acceptors (Lipinski definition) is 5. The quantitative estimate of drug-likeness (QED) is 0.439. The number of nitrogens with one attached hydrogen (secondary N) is 1. The summed E-state index contributed by atoms with van der Waals surface area (Å²) < 4.78 is 39.2. The zero-order chi connectivity index (χ0) is 24.7. The number of sulfonamides is 1. The second-order valence-corrected chi connectivity index (χ2v) is 9.76. The molecule has 3 rings (SSSR count). The fraction of sp³-hybridized carbons (Fsp3) is 0.240. The molecule has 0 aliphatic heterocycles. The Bertz CT molecular complexity index is 1250. The molecule has 3 aromatic rings. The van der Waals surface area contributed by atoms with Crippen LogP contribution < -0.4 is 19.1 Å². The number of halogens is 1. The van der Waals surface area contributed by atoms with Crippen molar-refractivity contribution in [3.8, 4) is 11.5 Å². The van der Waals surface area contributed by atoms with Gasteiger partial charge in [0, 0.05) is 17.1 Å². The number of amides is 1. The van der Waals surface area contributed by atoms with Crippen molar-refractivity contribution in [2.24, 2.45) is 0 Å². The fourth-order valence-electron chi connectivity index (χ4n) is 3.32. The Balaban J connectivity index is 1.93. The number of hydrogen-bond donors (Lipinski definition) is 1. The largest absolute Gasteiger partial charge is 0.495 e. The van der Waals surface area contributed by atoms with Crippen LogP contribution >= 0.6 is 11.6 Å². The predicted octanol–water partition coefficient (Wildman–Crippen LogP) is 4.57. The molecule has 34 heavy (non-hydrogen) atoms. The molecule has 0 radical (unpaired) electrons. The Hall–Kier alpha value is -3.23. The number of benzene rings is 3. The fourth-order valence-corrected chi connectivity index (χ4v) is 4.91. The maximum absolute atomic E-state index is 13.6. The van der Waals surface area contributed by atoms with Gasteiger partial charge in [-0.25, -0.2) is 8.42 Å². The summed E-state index contributed by atoms with van der Waals surface area (Å²) in [6.07, 6.45) is 0. The highest BCUT2D eigenvalue weighted by atomic mass is 35.5. The third-order valence-corrected chi connectivity index (χ3v) is 7.06. The summed E-state index contributed by atoms with van der Waals surface area (Å²) in [5.41, 5.74) is 1.86. The molecule has 0 atom stereocenters. The van der Waals surface area contributed by atoms with Crippen LogP contribution in [-0.2, 0) is 21.4 Å². The number of carbonyl (C=O) groups excluding carboxylic acids is 1. The summed E-state index contributed by atoms with van der Waals surface area (Å²) >= 11 is 6.17. The van der Waals surface area contributed by atoms with Crippen LogP contribution in [0.15, 0.2) is 71.6 Å². The van der Waals surface area contributed by atoms with Gasteiger partial charge in [-0.15, -0.1) is 0 Å². The topological polar surface area (TPSA) is 84.9 Å². The van der Waals surface area contributed by atoms with Gasteiger partial charge in [-0.2, -0.15) is 0 Å². The van der Waals surface area contributed by atoms with Gasteiger partial charge in [-0.3, -0.25) is 9.10 Å². The molecule has 180 valence electrons. The van der Waals surface area contributed by atoms with Gasteiger partial charge in [0.05, 0.1) is 24.3 Å². The van der Waals surface area contributed by atoms with Gasteiger partial charge in [0.1, 0.15) is 18.0 Å². The number of anilines is 1. The average molecular weight is 503 g/mol.